The third-order valence-electron chi connectivity index (χ3n) is 2.51. The molecule has 0 aliphatic carbocycles. The number of methoxy groups -OCH3 is 1. The van der Waals surface area contributed by atoms with Crippen molar-refractivity contribution in [3.63, 3.8) is 0 Å². The number of benzene rings is 1. The van der Waals surface area contributed by atoms with Crippen molar-refractivity contribution in [2.45, 2.75) is 26.2 Å². The van der Waals surface area contributed by atoms with E-state index in [1.807, 2.05) is 18.2 Å². The molecule has 96 valence electrons. The average Bonchev–Trinajstić information content (AvgIpc) is 2.77. The average molecular weight is 311 g/mol. The van der Waals surface area contributed by atoms with Gasteiger partial charge in [-0.25, -0.2) is 0 Å². The van der Waals surface area contributed by atoms with Crippen LogP contribution in [0.2, 0.25) is 0 Å². The molecule has 0 amide bonds. The maximum atomic E-state index is 5.35. The Bertz CT molecular complexity index is 559. The van der Waals surface area contributed by atoms with Crippen molar-refractivity contribution in [2.24, 2.45) is 0 Å². The number of halogens is 1. The third-order valence-corrected chi connectivity index (χ3v) is 3.00. The fraction of sp³-hybridized carbons (Fsp3) is 0.417. The van der Waals surface area contributed by atoms with Gasteiger partial charge in [0.15, 0.2) is 5.82 Å². The van der Waals surface area contributed by atoms with E-state index in [2.05, 4.69) is 52.2 Å². The molecule has 1 aromatic heterocycles. The number of rotatable bonds is 2. The van der Waals surface area contributed by atoms with Crippen molar-refractivity contribution >= 4 is 15.9 Å². The fourth-order valence-corrected chi connectivity index (χ4v) is 1.99. The smallest absolute Gasteiger partial charge is 0.162 e. The Kier molecular flexibility index (Phi) is 3.38. The van der Waals surface area contributed by atoms with E-state index in [0.717, 1.165) is 21.7 Å². The zero-order valence-corrected chi connectivity index (χ0v) is 12.4. The van der Waals surface area contributed by atoms with Crippen LogP contribution in [0, 0.1) is 0 Å². The van der Waals surface area contributed by atoms with E-state index >= 15 is 0 Å². The normalized spacial score (nSPS) is 11.6. The highest BCUT2D eigenvalue weighted by Crippen LogP contribution is 2.29. The van der Waals surface area contributed by atoms with E-state index in [4.69, 9.17) is 4.74 Å². The first-order valence-electron chi connectivity index (χ1n) is 5.56. The summed E-state index contributed by atoms with van der Waals surface area (Å²) in [7, 11) is 1.63. The summed E-state index contributed by atoms with van der Waals surface area (Å²) >= 11 is 3.45. The van der Waals surface area contributed by atoms with Gasteiger partial charge < -0.3 is 4.74 Å². The molecule has 0 aliphatic heterocycles. The van der Waals surface area contributed by atoms with Crippen LogP contribution in [0.4, 0.5) is 0 Å². The molecule has 0 N–H and O–H groups in total. The highest BCUT2D eigenvalue weighted by molar-refractivity contribution is 9.10. The third kappa shape index (κ3) is 2.38. The van der Waals surface area contributed by atoms with E-state index in [-0.39, 0.29) is 5.41 Å². The summed E-state index contributed by atoms with van der Waals surface area (Å²) in [6.45, 7) is 6.21. The number of nitrogens with zero attached hydrogens (tertiary/aromatic N) is 4. The van der Waals surface area contributed by atoms with Gasteiger partial charge in [-0.3, -0.25) is 0 Å². The molecule has 0 aliphatic rings. The summed E-state index contributed by atoms with van der Waals surface area (Å²) in [4.78, 5) is 0. The lowest BCUT2D eigenvalue weighted by atomic mass is 9.96. The topological polar surface area (TPSA) is 52.8 Å². The van der Waals surface area contributed by atoms with E-state index in [1.54, 1.807) is 11.8 Å². The molecule has 0 saturated carbocycles. The predicted molar refractivity (Wildman–Crippen MR) is 72.1 cm³/mol. The Hall–Kier alpha value is -1.43. The molecule has 0 spiro atoms. The van der Waals surface area contributed by atoms with Crippen LogP contribution in [-0.2, 0) is 5.41 Å². The van der Waals surface area contributed by atoms with Gasteiger partial charge in [-0.15, -0.1) is 5.10 Å². The van der Waals surface area contributed by atoms with Crippen LogP contribution in [-0.4, -0.2) is 27.3 Å². The van der Waals surface area contributed by atoms with Crippen LogP contribution in [0.25, 0.3) is 5.69 Å². The minimum Gasteiger partial charge on any atom is -0.494 e. The van der Waals surface area contributed by atoms with Crippen molar-refractivity contribution in [1.82, 2.24) is 20.2 Å². The molecule has 2 aromatic rings. The quantitative estimate of drug-likeness (QED) is 0.856. The molecule has 0 unspecified atom stereocenters. The lowest BCUT2D eigenvalue weighted by Gasteiger charge is -2.18. The molecule has 1 aromatic carbocycles. The van der Waals surface area contributed by atoms with E-state index in [9.17, 15) is 0 Å². The number of ether oxygens (including phenoxy) is 1. The molecule has 0 radical (unpaired) electrons. The van der Waals surface area contributed by atoms with Crippen LogP contribution in [0.5, 0.6) is 5.75 Å². The molecule has 0 fully saturated rings. The number of tetrazole rings is 1. The highest BCUT2D eigenvalue weighted by Gasteiger charge is 2.24. The maximum absolute atomic E-state index is 5.35. The van der Waals surface area contributed by atoms with Crippen molar-refractivity contribution in [2.75, 3.05) is 7.11 Å². The van der Waals surface area contributed by atoms with Gasteiger partial charge in [0.1, 0.15) is 11.4 Å². The molecule has 0 atom stereocenters. The monoisotopic (exact) mass is 310 g/mol. The van der Waals surface area contributed by atoms with E-state index in [1.165, 1.54) is 0 Å². The Morgan fingerprint density at radius 2 is 2.00 bits per heavy atom. The van der Waals surface area contributed by atoms with Gasteiger partial charge in [0.25, 0.3) is 0 Å². The molecular formula is C12H15BrN4O. The number of hydrogen-bond donors (Lipinski definition) is 0. The second-order valence-corrected chi connectivity index (χ2v) is 5.90. The van der Waals surface area contributed by atoms with Gasteiger partial charge in [-0.05, 0) is 28.6 Å². The lowest BCUT2D eigenvalue weighted by Crippen LogP contribution is -2.19. The van der Waals surface area contributed by atoms with E-state index in [0.29, 0.717) is 0 Å². The fourth-order valence-electron chi connectivity index (χ4n) is 1.65. The zero-order valence-electron chi connectivity index (χ0n) is 10.8. The summed E-state index contributed by atoms with van der Waals surface area (Å²) in [6, 6.07) is 5.74. The number of aromatic nitrogens is 4. The zero-order chi connectivity index (χ0) is 13.3. The Morgan fingerprint density at radius 3 is 2.61 bits per heavy atom. The summed E-state index contributed by atoms with van der Waals surface area (Å²) in [6.07, 6.45) is 0. The van der Waals surface area contributed by atoms with Crippen LogP contribution < -0.4 is 4.74 Å². The lowest BCUT2D eigenvalue weighted by molar-refractivity contribution is 0.409. The molecule has 6 heteroatoms. The molecular weight excluding hydrogens is 296 g/mol. The summed E-state index contributed by atoms with van der Waals surface area (Å²) < 4.78 is 8.02. The van der Waals surface area contributed by atoms with Gasteiger partial charge >= 0.3 is 0 Å². The van der Waals surface area contributed by atoms with Crippen molar-refractivity contribution in [3.8, 4) is 11.4 Å². The van der Waals surface area contributed by atoms with Crippen LogP contribution in [0.1, 0.15) is 26.6 Å². The number of hydrogen-bond acceptors (Lipinski definition) is 4. The molecule has 18 heavy (non-hydrogen) atoms. The summed E-state index contributed by atoms with van der Waals surface area (Å²) in [5, 5.41) is 11.9. The molecule has 5 nitrogen and oxygen atoms in total. The first kappa shape index (κ1) is 13.0. The molecule has 0 saturated heterocycles. The first-order valence-corrected chi connectivity index (χ1v) is 6.35. The molecule has 2 rings (SSSR count). The van der Waals surface area contributed by atoms with Crippen molar-refractivity contribution in [3.05, 3.63) is 28.5 Å². The second kappa shape index (κ2) is 4.68. The maximum Gasteiger partial charge on any atom is 0.162 e. The van der Waals surface area contributed by atoms with Gasteiger partial charge in [-0.2, -0.15) is 4.68 Å². The van der Waals surface area contributed by atoms with Crippen LogP contribution in [0.15, 0.2) is 22.7 Å². The van der Waals surface area contributed by atoms with Gasteiger partial charge in [0, 0.05) is 9.89 Å². The standard InChI is InChI=1S/C12H15BrN4O/c1-12(2,3)11-14-15-16-17(11)9-7-8(13)5-6-10(9)18-4/h5-7H,1-4H3. The van der Waals surface area contributed by atoms with Gasteiger partial charge in [-0.1, -0.05) is 36.7 Å². The Morgan fingerprint density at radius 1 is 1.28 bits per heavy atom. The van der Waals surface area contributed by atoms with Crippen LogP contribution >= 0.6 is 15.9 Å². The minimum atomic E-state index is -0.142. The van der Waals surface area contributed by atoms with Crippen LogP contribution in [0.3, 0.4) is 0 Å². The van der Waals surface area contributed by atoms with Gasteiger partial charge in [0.2, 0.25) is 0 Å². The van der Waals surface area contributed by atoms with Gasteiger partial charge in [0.05, 0.1) is 7.11 Å². The Labute approximate surface area is 114 Å². The summed E-state index contributed by atoms with van der Waals surface area (Å²) in [5.74, 6) is 1.52. The Balaban J connectivity index is 2.62. The molecule has 0 bridgehead atoms. The first-order chi connectivity index (χ1) is 8.43. The predicted octanol–water partition coefficient (Wildman–Crippen LogP) is 2.73. The van der Waals surface area contributed by atoms with Crippen molar-refractivity contribution < 1.29 is 4.74 Å². The minimum absolute atomic E-state index is 0.142. The highest BCUT2D eigenvalue weighted by atomic mass is 79.9. The summed E-state index contributed by atoms with van der Waals surface area (Å²) in [5.41, 5.74) is 0.679. The van der Waals surface area contributed by atoms with E-state index < -0.39 is 0 Å². The largest absolute Gasteiger partial charge is 0.494 e. The van der Waals surface area contributed by atoms with Crippen molar-refractivity contribution in [1.29, 1.82) is 0 Å². The SMILES string of the molecule is COc1ccc(Br)cc1-n1nnnc1C(C)(C)C. The molecule has 1 heterocycles. The second-order valence-electron chi connectivity index (χ2n) is 4.98.